The maximum absolute atomic E-state index is 13.2. The lowest BCUT2D eigenvalue weighted by Gasteiger charge is -2.05. The van der Waals surface area contributed by atoms with Crippen LogP contribution in [0.15, 0.2) is 35.3 Å². The van der Waals surface area contributed by atoms with Crippen molar-refractivity contribution in [1.29, 1.82) is 0 Å². The second kappa shape index (κ2) is 5.22. The fourth-order valence-corrected chi connectivity index (χ4v) is 2.15. The zero-order chi connectivity index (χ0) is 13.1. The highest BCUT2D eigenvalue weighted by Gasteiger charge is 2.05. The minimum absolute atomic E-state index is 0.368. The summed E-state index contributed by atoms with van der Waals surface area (Å²) >= 11 is 1.17. The summed E-state index contributed by atoms with van der Waals surface area (Å²) in [6.45, 7) is 2.00. The number of aromatic nitrogens is 2. The molecule has 0 unspecified atom stereocenters. The van der Waals surface area contributed by atoms with E-state index in [1.54, 1.807) is 0 Å². The number of anilines is 1. The molecule has 6 heteroatoms. The molecular weight excluding hydrogens is 253 g/mol. The van der Waals surface area contributed by atoms with E-state index in [-0.39, 0.29) is 5.82 Å². The number of nitrogens with zero attached hydrogens (tertiary/aromatic N) is 2. The first-order chi connectivity index (χ1) is 8.56. The van der Waals surface area contributed by atoms with Crippen LogP contribution < -0.4 is 11.4 Å². The number of aryl methyl sites for hydroxylation is 1. The minimum atomic E-state index is -0.689. The van der Waals surface area contributed by atoms with E-state index in [4.69, 9.17) is 5.73 Å². The second-order valence-corrected chi connectivity index (χ2v) is 4.78. The van der Waals surface area contributed by atoms with Crippen LogP contribution in [0, 0.1) is 12.7 Å². The van der Waals surface area contributed by atoms with E-state index in [9.17, 15) is 9.18 Å². The molecule has 1 aromatic heterocycles. The topological polar surface area (TPSA) is 60.9 Å². The van der Waals surface area contributed by atoms with Crippen LogP contribution in [0.5, 0.6) is 0 Å². The quantitative estimate of drug-likeness (QED) is 0.921. The van der Waals surface area contributed by atoms with Gasteiger partial charge in [-0.05, 0) is 24.4 Å². The van der Waals surface area contributed by atoms with E-state index >= 15 is 0 Å². The Kier molecular flexibility index (Phi) is 3.66. The molecule has 2 rings (SSSR count). The Morgan fingerprint density at radius 1 is 1.39 bits per heavy atom. The van der Waals surface area contributed by atoms with Gasteiger partial charge < -0.3 is 5.73 Å². The van der Waals surface area contributed by atoms with Gasteiger partial charge in [0.2, 0.25) is 0 Å². The maximum Gasteiger partial charge on any atom is 0.359 e. The summed E-state index contributed by atoms with van der Waals surface area (Å²) < 4.78 is 14.3. The molecule has 0 aliphatic rings. The number of nitrogen functional groups attached to an aromatic ring is 1. The number of rotatable bonds is 3. The third kappa shape index (κ3) is 2.89. The first kappa shape index (κ1) is 12.6. The minimum Gasteiger partial charge on any atom is -0.381 e. The van der Waals surface area contributed by atoms with Crippen molar-refractivity contribution in [3.05, 3.63) is 57.9 Å². The first-order valence-electron chi connectivity index (χ1n) is 5.30. The van der Waals surface area contributed by atoms with Gasteiger partial charge in [-0.3, -0.25) is 0 Å². The fourth-order valence-electron chi connectivity index (χ4n) is 1.35. The van der Waals surface area contributed by atoms with Crippen LogP contribution in [0.2, 0.25) is 0 Å². The summed E-state index contributed by atoms with van der Waals surface area (Å²) in [5.74, 6) is -0.496. The maximum atomic E-state index is 13.2. The van der Waals surface area contributed by atoms with Gasteiger partial charge in [0.1, 0.15) is 0 Å². The Bertz CT molecular complexity index is 610. The Morgan fingerprint density at radius 3 is 2.72 bits per heavy atom. The molecule has 0 radical (unpaired) electrons. The highest BCUT2D eigenvalue weighted by molar-refractivity contribution is 7.97. The van der Waals surface area contributed by atoms with Gasteiger partial charge in [-0.15, -0.1) is 0 Å². The van der Waals surface area contributed by atoms with Crippen LogP contribution in [0.25, 0.3) is 0 Å². The molecule has 0 atom stereocenters. The van der Waals surface area contributed by atoms with Crippen LogP contribution in [-0.4, -0.2) is 8.96 Å². The zero-order valence-corrected chi connectivity index (χ0v) is 10.6. The molecule has 4 nitrogen and oxygen atoms in total. The summed E-state index contributed by atoms with van der Waals surface area (Å²) in [7, 11) is 0. The van der Waals surface area contributed by atoms with Gasteiger partial charge in [0, 0.05) is 5.75 Å². The molecule has 0 amide bonds. The molecule has 0 fully saturated rings. The molecule has 0 saturated heterocycles. The van der Waals surface area contributed by atoms with Gasteiger partial charge in [0.25, 0.3) is 0 Å². The van der Waals surface area contributed by atoms with Crippen molar-refractivity contribution in [1.82, 2.24) is 8.96 Å². The van der Waals surface area contributed by atoms with Gasteiger partial charge in [0.15, 0.2) is 11.6 Å². The lowest BCUT2D eigenvalue weighted by Crippen LogP contribution is -2.20. The predicted octanol–water partition coefficient (Wildman–Crippen LogP) is 1.97. The molecule has 0 aliphatic carbocycles. The van der Waals surface area contributed by atoms with Gasteiger partial charge in [0.05, 0.1) is 6.20 Å². The van der Waals surface area contributed by atoms with Crippen molar-refractivity contribution in [3.63, 3.8) is 0 Å². The second-order valence-electron chi connectivity index (χ2n) is 3.84. The molecule has 1 heterocycles. The Balaban J connectivity index is 2.13. The number of benzene rings is 1. The van der Waals surface area contributed by atoms with Crippen LogP contribution in [0.3, 0.4) is 0 Å². The van der Waals surface area contributed by atoms with Crippen LogP contribution >= 0.6 is 11.9 Å². The first-order valence-corrected chi connectivity index (χ1v) is 6.24. The third-order valence-electron chi connectivity index (χ3n) is 2.37. The molecule has 2 aromatic rings. The molecule has 0 bridgehead atoms. The van der Waals surface area contributed by atoms with E-state index in [0.29, 0.717) is 5.75 Å². The van der Waals surface area contributed by atoms with E-state index in [1.165, 1.54) is 17.5 Å². The lowest BCUT2D eigenvalue weighted by molar-refractivity contribution is 0.614. The molecule has 2 N–H and O–H groups in total. The average Bonchev–Trinajstić information content (AvgIpc) is 2.34. The molecule has 0 aliphatic heterocycles. The van der Waals surface area contributed by atoms with Crippen molar-refractivity contribution >= 4 is 17.8 Å². The van der Waals surface area contributed by atoms with E-state index in [1.807, 2.05) is 31.2 Å². The van der Waals surface area contributed by atoms with Gasteiger partial charge in [-0.25, -0.2) is 13.2 Å². The molecular formula is C12H12FN3OS. The normalized spacial score (nSPS) is 10.6. The molecule has 1 aromatic carbocycles. The van der Waals surface area contributed by atoms with Crippen molar-refractivity contribution in [3.8, 4) is 0 Å². The third-order valence-corrected chi connectivity index (χ3v) is 3.37. The van der Waals surface area contributed by atoms with Crippen molar-refractivity contribution < 1.29 is 4.39 Å². The molecule has 94 valence electrons. The Hall–Kier alpha value is -1.82. The van der Waals surface area contributed by atoms with E-state index in [0.717, 1.165) is 15.7 Å². The standard InChI is InChI=1S/C12H12FN3OS/c1-8-2-4-9(5-3-8)7-18-16-6-10(13)11(14)15-12(16)17/h2-6H,7H2,1H3,(H2,14,15,17). The van der Waals surface area contributed by atoms with Gasteiger partial charge in [-0.2, -0.15) is 4.98 Å². The largest absolute Gasteiger partial charge is 0.381 e. The molecule has 0 spiro atoms. The number of hydrogen-bond acceptors (Lipinski definition) is 4. The number of hydrogen-bond donors (Lipinski definition) is 1. The molecule has 0 saturated carbocycles. The average molecular weight is 265 g/mol. The highest BCUT2D eigenvalue weighted by Crippen LogP contribution is 2.14. The van der Waals surface area contributed by atoms with Crippen molar-refractivity contribution in [2.75, 3.05) is 5.73 Å². The van der Waals surface area contributed by atoms with E-state index in [2.05, 4.69) is 4.98 Å². The van der Waals surface area contributed by atoms with Gasteiger partial charge in [-0.1, -0.05) is 29.8 Å². The zero-order valence-electron chi connectivity index (χ0n) is 9.76. The molecule has 18 heavy (non-hydrogen) atoms. The Morgan fingerprint density at radius 2 is 2.06 bits per heavy atom. The monoisotopic (exact) mass is 265 g/mol. The lowest BCUT2D eigenvalue weighted by atomic mass is 10.2. The predicted molar refractivity (Wildman–Crippen MR) is 70.7 cm³/mol. The van der Waals surface area contributed by atoms with Crippen molar-refractivity contribution in [2.45, 2.75) is 12.7 Å². The van der Waals surface area contributed by atoms with Crippen molar-refractivity contribution in [2.24, 2.45) is 0 Å². The van der Waals surface area contributed by atoms with Gasteiger partial charge >= 0.3 is 5.69 Å². The van der Waals surface area contributed by atoms with Crippen LogP contribution in [0.4, 0.5) is 10.2 Å². The summed E-state index contributed by atoms with van der Waals surface area (Å²) in [6.07, 6.45) is 1.06. The Labute approximate surface area is 108 Å². The van der Waals surface area contributed by atoms with Crippen LogP contribution in [0.1, 0.15) is 11.1 Å². The number of halogens is 1. The fraction of sp³-hybridized carbons (Fsp3) is 0.167. The summed E-state index contributed by atoms with van der Waals surface area (Å²) in [5.41, 5.74) is 6.86. The highest BCUT2D eigenvalue weighted by atomic mass is 32.2. The van der Waals surface area contributed by atoms with Crippen LogP contribution in [-0.2, 0) is 5.75 Å². The summed E-state index contributed by atoms with van der Waals surface area (Å²) in [4.78, 5) is 14.8. The summed E-state index contributed by atoms with van der Waals surface area (Å²) in [5, 5.41) is 0. The SMILES string of the molecule is Cc1ccc(CSn2cc(F)c(N)nc2=O)cc1. The smallest absolute Gasteiger partial charge is 0.359 e. The summed E-state index contributed by atoms with van der Waals surface area (Å²) in [6, 6.07) is 7.91. The van der Waals surface area contributed by atoms with E-state index < -0.39 is 11.5 Å². The number of nitrogens with two attached hydrogens (primary N) is 1.